The van der Waals surface area contributed by atoms with Crippen LogP contribution in [0.25, 0.3) is 22.3 Å². The minimum Gasteiger partial charge on any atom is -0.473 e. The van der Waals surface area contributed by atoms with Crippen LogP contribution >= 0.6 is 0 Å². The summed E-state index contributed by atoms with van der Waals surface area (Å²) in [6, 6.07) is 13.9. The van der Waals surface area contributed by atoms with Crippen LogP contribution in [0.4, 0.5) is 5.69 Å². The van der Waals surface area contributed by atoms with E-state index in [0.717, 1.165) is 25.9 Å². The van der Waals surface area contributed by atoms with Crippen molar-refractivity contribution in [3.8, 4) is 17.1 Å². The number of fused-ring (bicyclic) bond motifs is 1. The van der Waals surface area contributed by atoms with Gasteiger partial charge in [0.15, 0.2) is 5.52 Å². The topological polar surface area (TPSA) is 110 Å². The molecule has 37 heavy (non-hydrogen) atoms. The fourth-order valence-electron chi connectivity index (χ4n) is 4.50. The minimum absolute atomic E-state index is 0.0679. The third-order valence-corrected chi connectivity index (χ3v) is 8.26. The fraction of sp³-hybridized carbons (Fsp3) is 0.333. The molecule has 0 spiro atoms. The number of pyridine rings is 2. The Bertz CT molecular complexity index is 1500. The van der Waals surface area contributed by atoms with Gasteiger partial charge in [0.25, 0.3) is 10.0 Å². The first-order valence-electron chi connectivity index (χ1n) is 12.3. The van der Waals surface area contributed by atoms with Crippen LogP contribution in [-0.2, 0) is 10.0 Å². The predicted molar refractivity (Wildman–Crippen MR) is 143 cm³/mol. The van der Waals surface area contributed by atoms with Crippen molar-refractivity contribution in [1.29, 1.82) is 0 Å². The largest absolute Gasteiger partial charge is 0.473 e. The van der Waals surface area contributed by atoms with Crippen LogP contribution < -0.4 is 14.4 Å². The molecule has 0 saturated carbocycles. The lowest BCUT2D eigenvalue weighted by molar-refractivity contribution is 0.158. The highest BCUT2D eigenvalue weighted by atomic mass is 32.2. The number of ether oxygens (including phenoxy) is 1. The number of benzene rings is 1. The minimum atomic E-state index is -3.84. The third kappa shape index (κ3) is 5.26. The number of anilines is 1. The molecule has 3 aromatic heterocycles. The SMILES string of the molecule is CC(C)(C)N(c1cncc(-c2ccc3ncnc(OC4CCNCC4)c3n2)c1)S(=O)(=O)c1ccccc1. The average molecular weight is 519 g/mol. The fourth-order valence-corrected chi connectivity index (χ4v) is 6.31. The van der Waals surface area contributed by atoms with E-state index in [1.54, 1.807) is 48.8 Å². The van der Waals surface area contributed by atoms with Gasteiger partial charge in [0.05, 0.1) is 28.0 Å². The number of sulfonamides is 1. The van der Waals surface area contributed by atoms with E-state index in [4.69, 9.17) is 9.72 Å². The maximum atomic E-state index is 13.7. The summed E-state index contributed by atoms with van der Waals surface area (Å²) < 4.78 is 35.0. The van der Waals surface area contributed by atoms with E-state index >= 15 is 0 Å². The zero-order valence-electron chi connectivity index (χ0n) is 21.1. The molecule has 0 aliphatic carbocycles. The number of aromatic nitrogens is 4. The first kappa shape index (κ1) is 25.0. The highest BCUT2D eigenvalue weighted by Crippen LogP contribution is 2.33. The molecule has 1 fully saturated rings. The number of nitrogens with one attached hydrogen (secondary N) is 1. The number of rotatable bonds is 6. The van der Waals surface area contributed by atoms with Crippen LogP contribution in [0.1, 0.15) is 33.6 Å². The third-order valence-electron chi connectivity index (χ3n) is 6.16. The highest BCUT2D eigenvalue weighted by molar-refractivity contribution is 7.92. The Labute approximate surface area is 217 Å². The lowest BCUT2D eigenvalue weighted by Crippen LogP contribution is -2.45. The van der Waals surface area contributed by atoms with E-state index in [1.165, 1.54) is 10.6 Å². The molecule has 0 amide bonds. The van der Waals surface area contributed by atoms with Crippen molar-refractivity contribution in [2.45, 2.75) is 50.2 Å². The van der Waals surface area contributed by atoms with Crippen LogP contribution in [0.2, 0.25) is 0 Å². The molecule has 4 heterocycles. The summed E-state index contributed by atoms with van der Waals surface area (Å²) in [6.07, 6.45) is 6.58. The molecule has 9 nitrogen and oxygen atoms in total. The number of hydrogen-bond acceptors (Lipinski definition) is 8. The van der Waals surface area contributed by atoms with Gasteiger partial charge in [0, 0.05) is 17.3 Å². The standard InChI is InChI=1S/C27H30N6O3S/c1-27(2,3)33(37(34,35)22-7-5-4-6-8-22)20-15-19(16-29-17-20)23-9-10-24-25(32-23)26(31-18-30-24)36-21-11-13-28-14-12-21/h4-10,15-18,21,28H,11-14H2,1-3H3. The summed E-state index contributed by atoms with van der Waals surface area (Å²) >= 11 is 0. The van der Waals surface area contributed by atoms with Gasteiger partial charge >= 0.3 is 0 Å². The first-order chi connectivity index (χ1) is 17.7. The van der Waals surface area contributed by atoms with Gasteiger partial charge in [0.2, 0.25) is 5.88 Å². The molecule has 192 valence electrons. The second kappa shape index (κ2) is 10.0. The average Bonchev–Trinajstić information content (AvgIpc) is 2.89. The molecule has 5 rings (SSSR count). The number of nitrogens with zero attached hydrogens (tertiary/aromatic N) is 5. The Morgan fingerprint density at radius 2 is 1.76 bits per heavy atom. The molecule has 0 atom stereocenters. The molecule has 1 aliphatic heterocycles. The lowest BCUT2D eigenvalue weighted by Gasteiger charge is -2.36. The van der Waals surface area contributed by atoms with E-state index in [2.05, 4.69) is 20.3 Å². The molecule has 4 aromatic rings. The van der Waals surface area contributed by atoms with Crippen LogP contribution in [0, 0.1) is 0 Å². The maximum absolute atomic E-state index is 13.7. The summed E-state index contributed by atoms with van der Waals surface area (Å²) in [5.74, 6) is 0.450. The molecule has 1 saturated heterocycles. The zero-order chi connectivity index (χ0) is 26.0. The van der Waals surface area contributed by atoms with Crippen molar-refractivity contribution >= 4 is 26.7 Å². The summed E-state index contributed by atoms with van der Waals surface area (Å²) in [6.45, 7) is 7.38. The first-order valence-corrected chi connectivity index (χ1v) is 13.7. The molecule has 0 radical (unpaired) electrons. The van der Waals surface area contributed by atoms with Crippen molar-refractivity contribution < 1.29 is 13.2 Å². The smallest absolute Gasteiger partial charge is 0.264 e. The van der Waals surface area contributed by atoms with Crippen molar-refractivity contribution in [3.05, 3.63) is 67.3 Å². The summed E-state index contributed by atoms with van der Waals surface area (Å²) in [4.78, 5) is 18.1. The van der Waals surface area contributed by atoms with Gasteiger partial charge in [-0.2, -0.15) is 4.98 Å². The zero-order valence-corrected chi connectivity index (χ0v) is 21.9. The molecule has 1 aliphatic rings. The molecular weight excluding hydrogens is 488 g/mol. The van der Waals surface area contributed by atoms with Crippen LogP contribution in [0.15, 0.2) is 72.1 Å². The molecular formula is C27H30N6O3S. The van der Waals surface area contributed by atoms with Crippen molar-refractivity contribution in [1.82, 2.24) is 25.3 Å². The summed E-state index contributed by atoms with van der Waals surface area (Å²) in [5.41, 5.74) is 2.25. The number of piperidine rings is 1. The van der Waals surface area contributed by atoms with Gasteiger partial charge in [-0.3, -0.25) is 9.29 Å². The van der Waals surface area contributed by atoms with Crippen LogP contribution in [0.5, 0.6) is 5.88 Å². The van der Waals surface area contributed by atoms with Crippen LogP contribution in [-0.4, -0.2) is 53.1 Å². The molecule has 0 bridgehead atoms. The van der Waals surface area contributed by atoms with Gasteiger partial charge in [-0.1, -0.05) is 18.2 Å². The predicted octanol–water partition coefficient (Wildman–Crippen LogP) is 4.21. The Kier molecular flexibility index (Phi) is 6.78. The quantitative estimate of drug-likeness (QED) is 0.404. The summed E-state index contributed by atoms with van der Waals surface area (Å²) in [5, 5.41) is 3.33. The van der Waals surface area contributed by atoms with Crippen LogP contribution in [0.3, 0.4) is 0 Å². The van der Waals surface area contributed by atoms with Crippen molar-refractivity contribution in [2.75, 3.05) is 17.4 Å². The molecule has 10 heteroatoms. The Morgan fingerprint density at radius 1 is 1.00 bits per heavy atom. The second-order valence-electron chi connectivity index (χ2n) is 10.00. The molecule has 0 unspecified atom stereocenters. The Morgan fingerprint density at radius 3 is 2.49 bits per heavy atom. The van der Waals surface area contributed by atoms with E-state index in [9.17, 15) is 8.42 Å². The maximum Gasteiger partial charge on any atom is 0.264 e. The van der Waals surface area contributed by atoms with Gasteiger partial charge in [-0.15, -0.1) is 0 Å². The van der Waals surface area contributed by atoms with Gasteiger partial charge < -0.3 is 10.1 Å². The Hall–Kier alpha value is -3.63. The lowest BCUT2D eigenvalue weighted by atomic mass is 10.1. The van der Waals surface area contributed by atoms with E-state index in [0.29, 0.717) is 33.9 Å². The van der Waals surface area contributed by atoms with Crippen molar-refractivity contribution in [2.24, 2.45) is 0 Å². The summed E-state index contributed by atoms with van der Waals surface area (Å²) in [7, 11) is -3.84. The monoisotopic (exact) mass is 518 g/mol. The van der Waals surface area contributed by atoms with Gasteiger partial charge in [0.1, 0.15) is 12.4 Å². The van der Waals surface area contributed by atoms with E-state index in [-0.39, 0.29) is 11.0 Å². The van der Waals surface area contributed by atoms with E-state index in [1.807, 2.05) is 32.9 Å². The molecule has 1 N–H and O–H groups in total. The Balaban J connectivity index is 1.55. The highest BCUT2D eigenvalue weighted by Gasteiger charge is 2.34. The van der Waals surface area contributed by atoms with Gasteiger partial charge in [-0.05, 0) is 77.0 Å². The normalized spacial score (nSPS) is 15.0. The van der Waals surface area contributed by atoms with Gasteiger partial charge in [-0.25, -0.2) is 18.4 Å². The van der Waals surface area contributed by atoms with E-state index < -0.39 is 15.6 Å². The molecule has 1 aromatic carbocycles. The van der Waals surface area contributed by atoms with Crippen molar-refractivity contribution in [3.63, 3.8) is 0 Å². The number of hydrogen-bond donors (Lipinski definition) is 1. The second-order valence-corrected chi connectivity index (χ2v) is 11.8.